The van der Waals surface area contributed by atoms with Crippen molar-refractivity contribution in [3.05, 3.63) is 81.5 Å². The number of carbonyl (C=O) groups excluding carboxylic acids is 1. The van der Waals surface area contributed by atoms with Crippen LogP contribution in [0, 0.1) is 6.92 Å². The molecule has 32 heavy (non-hydrogen) atoms. The van der Waals surface area contributed by atoms with Gasteiger partial charge in [-0.1, -0.05) is 29.8 Å². The van der Waals surface area contributed by atoms with Crippen LogP contribution in [0.1, 0.15) is 24.1 Å². The molecule has 4 aromatic rings. The highest BCUT2D eigenvalue weighted by atomic mass is 35.5. The van der Waals surface area contributed by atoms with Gasteiger partial charge in [0.2, 0.25) is 5.91 Å². The van der Waals surface area contributed by atoms with Crippen molar-refractivity contribution in [3.63, 3.8) is 0 Å². The monoisotopic (exact) mass is 451 g/mol. The summed E-state index contributed by atoms with van der Waals surface area (Å²) in [6.45, 7) is 3.65. The Balaban J connectivity index is 1.55. The van der Waals surface area contributed by atoms with Crippen LogP contribution in [0.5, 0.6) is 5.75 Å². The van der Waals surface area contributed by atoms with Gasteiger partial charge in [-0.05, 0) is 49.2 Å². The third-order valence-electron chi connectivity index (χ3n) is 5.26. The van der Waals surface area contributed by atoms with Crippen LogP contribution in [0.2, 0.25) is 5.02 Å². The Kier molecular flexibility index (Phi) is 5.96. The van der Waals surface area contributed by atoms with Crippen LogP contribution in [0.3, 0.4) is 0 Å². The fraction of sp³-hybridized carbons (Fsp3) is 0.217. The maximum atomic E-state index is 12.9. The lowest BCUT2D eigenvalue weighted by Gasteiger charge is -2.15. The third kappa shape index (κ3) is 4.22. The quantitative estimate of drug-likeness (QED) is 0.485. The van der Waals surface area contributed by atoms with Crippen molar-refractivity contribution in [2.75, 3.05) is 7.11 Å². The number of carbonyl (C=O) groups is 1. The lowest BCUT2D eigenvalue weighted by atomic mass is 10.1. The molecule has 164 valence electrons. The molecule has 0 aliphatic rings. The molecule has 0 saturated carbocycles. The fourth-order valence-electron chi connectivity index (χ4n) is 3.47. The van der Waals surface area contributed by atoms with E-state index in [0.717, 1.165) is 22.6 Å². The number of hydrogen-bond donors (Lipinski definition) is 1. The van der Waals surface area contributed by atoms with Gasteiger partial charge in [-0.15, -0.1) is 0 Å². The predicted octanol–water partition coefficient (Wildman–Crippen LogP) is 3.43. The minimum absolute atomic E-state index is 0.149. The molecule has 2 heterocycles. The maximum absolute atomic E-state index is 12.9. The Bertz CT molecular complexity index is 1340. The molecule has 0 radical (unpaired) electrons. The minimum Gasteiger partial charge on any atom is -0.497 e. The lowest BCUT2D eigenvalue weighted by Crippen LogP contribution is -2.33. The van der Waals surface area contributed by atoms with Gasteiger partial charge < -0.3 is 10.1 Å². The van der Waals surface area contributed by atoms with Crippen molar-refractivity contribution in [1.29, 1.82) is 0 Å². The molecule has 1 amide bonds. The van der Waals surface area contributed by atoms with Gasteiger partial charge in [-0.25, -0.2) is 9.67 Å². The zero-order valence-electron chi connectivity index (χ0n) is 17.9. The van der Waals surface area contributed by atoms with E-state index >= 15 is 0 Å². The first kappa shape index (κ1) is 21.6. The maximum Gasteiger partial charge on any atom is 0.264 e. The zero-order chi connectivity index (χ0) is 22.8. The number of benzene rings is 2. The Morgan fingerprint density at radius 2 is 1.97 bits per heavy atom. The van der Waals surface area contributed by atoms with E-state index < -0.39 is 0 Å². The standard InChI is InChI=1S/C23H22ClN5O3/c1-14-4-7-17(24)10-20(14)29-22-19(11-26-29)23(31)28(13-25-22)12-21(30)27-15(2)16-5-8-18(32-3)9-6-16/h4-11,13,15H,12H2,1-3H3,(H,27,30)/t15-/m1/s1. The van der Waals surface area contributed by atoms with Crippen molar-refractivity contribution in [1.82, 2.24) is 24.6 Å². The van der Waals surface area contributed by atoms with Crippen LogP contribution in [0.25, 0.3) is 16.7 Å². The molecule has 0 unspecified atom stereocenters. The summed E-state index contributed by atoms with van der Waals surface area (Å²) in [5, 5.41) is 8.10. The molecule has 1 atom stereocenters. The first-order valence-corrected chi connectivity index (χ1v) is 10.4. The summed E-state index contributed by atoms with van der Waals surface area (Å²) in [6, 6.07) is 12.6. The fourth-order valence-corrected chi connectivity index (χ4v) is 3.63. The predicted molar refractivity (Wildman–Crippen MR) is 122 cm³/mol. The molecule has 2 aromatic heterocycles. The number of rotatable bonds is 6. The van der Waals surface area contributed by atoms with Crippen molar-refractivity contribution in [3.8, 4) is 11.4 Å². The largest absolute Gasteiger partial charge is 0.497 e. The number of aryl methyl sites for hydroxylation is 1. The van der Waals surface area contributed by atoms with E-state index in [4.69, 9.17) is 16.3 Å². The molecule has 1 N–H and O–H groups in total. The molecule has 0 bridgehead atoms. The summed E-state index contributed by atoms with van der Waals surface area (Å²) < 4.78 is 8.00. The molecule has 0 spiro atoms. The minimum atomic E-state index is -0.340. The first-order valence-electron chi connectivity index (χ1n) is 10.0. The highest BCUT2D eigenvalue weighted by Gasteiger charge is 2.16. The van der Waals surface area contributed by atoms with Crippen molar-refractivity contribution in [2.24, 2.45) is 0 Å². The Hall–Kier alpha value is -3.65. The summed E-state index contributed by atoms with van der Waals surface area (Å²) in [6.07, 6.45) is 2.82. The van der Waals surface area contributed by atoms with E-state index in [1.807, 2.05) is 44.2 Å². The summed E-state index contributed by atoms with van der Waals surface area (Å²) in [7, 11) is 1.60. The molecular formula is C23H22ClN5O3. The number of halogens is 1. The topological polar surface area (TPSA) is 91.0 Å². The molecule has 0 aliphatic carbocycles. The molecular weight excluding hydrogens is 430 g/mol. The SMILES string of the molecule is COc1ccc([C@@H](C)NC(=O)Cn2cnc3c(cnn3-c3cc(Cl)ccc3C)c2=O)cc1. The van der Waals surface area contributed by atoms with E-state index in [1.54, 1.807) is 23.9 Å². The summed E-state index contributed by atoms with van der Waals surface area (Å²) >= 11 is 6.12. The van der Waals surface area contributed by atoms with Crippen molar-refractivity contribution >= 4 is 28.5 Å². The normalized spacial score (nSPS) is 12.0. The summed E-state index contributed by atoms with van der Waals surface area (Å²) in [5.74, 6) is 0.446. The second-order valence-corrected chi connectivity index (χ2v) is 7.90. The average molecular weight is 452 g/mol. The number of fused-ring (bicyclic) bond motifs is 1. The van der Waals surface area contributed by atoms with Gasteiger partial charge in [0.15, 0.2) is 5.65 Å². The molecule has 4 rings (SSSR count). The highest BCUT2D eigenvalue weighted by Crippen LogP contribution is 2.21. The molecule has 0 saturated heterocycles. The number of ether oxygens (including phenoxy) is 1. The third-order valence-corrected chi connectivity index (χ3v) is 5.50. The van der Waals surface area contributed by atoms with E-state index in [9.17, 15) is 9.59 Å². The van der Waals surface area contributed by atoms with Crippen LogP contribution < -0.4 is 15.6 Å². The molecule has 9 heteroatoms. The van der Waals surface area contributed by atoms with Crippen molar-refractivity contribution < 1.29 is 9.53 Å². The van der Waals surface area contributed by atoms with Crippen LogP contribution in [0.4, 0.5) is 0 Å². The number of hydrogen-bond acceptors (Lipinski definition) is 5. The molecule has 2 aromatic carbocycles. The summed E-state index contributed by atoms with van der Waals surface area (Å²) in [4.78, 5) is 29.9. The van der Waals surface area contributed by atoms with Gasteiger partial charge in [-0.3, -0.25) is 14.2 Å². The van der Waals surface area contributed by atoms with E-state index in [2.05, 4.69) is 15.4 Å². The number of nitrogens with one attached hydrogen (secondary N) is 1. The molecule has 8 nitrogen and oxygen atoms in total. The number of aromatic nitrogens is 4. The van der Waals surface area contributed by atoms with E-state index in [-0.39, 0.29) is 24.1 Å². The Morgan fingerprint density at radius 1 is 1.22 bits per heavy atom. The van der Waals surface area contributed by atoms with Crippen molar-refractivity contribution in [2.45, 2.75) is 26.4 Å². The zero-order valence-corrected chi connectivity index (χ0v) is 18.6. The van der Waals surface area contributed by atoms with Gasteiger partial charge in [0.1, 0.15) is 24.0 Å². The molecule has 0 aliphatic heterocycles. The lowest BCUT2D eigenvalue weighted by molar-refractivity contribution is -0.122. The van der Waals surface area contributed by atoms with Gasteiger partial charge >= 0.3 is 0 Å². The van der Waals surface area contributed by atoms with Gasteiger partial charge in [0.05, 0.1) is 25.0 Å². The van der Waals surface area contributed by atoms with Crippen LogP contribution in [-0.2, 0) is 11.3 Å². The second-order valence-electron chi connectivity index (χ2n) is 7.46. The average Bonchev–Trinajstić information content (AvgIpc) is 3.22. The number of methoxy groups -OCH3 is 1. The summed E-state index contributed by atoms with van der Waals surface area (Å²) in [5.41, 5.74) is 2.68. The van der Waals surface area contributed by atoms with E-state index in [1.165, 1.54) is 17.1 Å². The molecule has 0 fully saturated rings. The van der Waals surface area contributed by atoms with Gasteiger partial charge in [0.25, 0.3) is 5.56 Å². The van der Waals surface area contributed by atoms with Crippen LogP contribution >= 0.6 is 11.6 Å². The number of nitrogens with zero attached hydrogens (tertiary/aromatic N) is 4. The Morgan fingerprint density at radius 3 is 2.69 bits per heavy atom. The van der Waals surface area contributed by atoms with Crippen LogP contribution in [-0.4, -0.2) is 32.3 Å². The Labute approximate surface area is 189 Å². The van der Waals surface area contributed by atoms with Gasteiger partial charge in [0, 0.05) is 5.02 Å². The second kappa shape index (κ2) is 8.84. The van der Waals surface area contributed by atoms with E-state index in [0.29, 0.717) is 16.1 Å². The smallest absolute Gasteiger partial charge is 0.264 e. The highest BCUT2D eigenvalue weighted by molar-refractivity contribution is 6.30. The van der Waals surface area contributed by atoms with Gasteiger partial charge in [-0.2, -0.15) is 5.10 Å². The first-order chi connectivity index (χ1) is 15.4. The van der Waals surface area contributed by atoms with Crippen LogP contribution in [0.15, 0.2) is 59.8 Å². The number of amides is 1.